The van der Waals surface area contributed by atoms with Crippen molar-refractivity contribution in [3.05, 3.63) is 0 Å². The molecule has 0 aromatic heterocycles. The summed E-state index contributed by atoms with van der Waals surface area (Å²) in [5, 5.41) is 6.51. The molecular formula is C14H28N2O. The van der Waals surface area contributed by atoms with Crippen LogP contribution >= 0.6 is 0 Å². The number of rotatable bonds is 3. The normalized spacial score (nSPS) is 27.6. The van der Waals surface area contributed by atoms with E-state index in [1.807, 2.05) is 0 Å². The Morgan fingerprint density at radius 2 is 2.12 bits per heavy atom. The summed E-state index contributed by atoms with van der Waals surface area (Å²) in [5.41, 5.74) is 0.202. The Bertz CT molecular complexity index is 257. The van der Waals surface area contributed by atoms with Gasteiger partial charge in [0.15, 0.2) is 0 Å². The molecule has 0 radical (unpaired) electrons. The van der Waals surface area contributed by atoms with Crippen LogP contribution in [0, 0.1) is 17.3 Å². The van der Waals surface area contributed by atoms with Gasteiger partial charge in [-0.1, -0.05) is 34.6 Å². The largest absolute Gasteiger partial charge is 0.352 e. The van der Waals surface area contributed by atoms with Crippen molar-refractivity contribution in [1.29, 1.82) is 0 Å². The van der Waals surface area contributed by atoms with E-state index in [0.717, 1.165) is 19.5 Å². The number of nitrogens with one attached hydrogen (secondary N) is 2. The molecule has 3 atom stereocenters. The maximum absolute atomic E-state index is 12.0. The Labute approximate surface area is 106 Å². The highest BCUT2D eigenvalue weighted by atomic mass is 16.1. The molecule has 1 fully saturated rings. The van der Waals surface area contributed by atoms with E-state index in [1.165, 1.54) is 0 Å². The highest BCUT2D eigenvalue weighted by Crippen LogP contribution is 2.28. The Morgan fingerprint density at radius 1 is 1.47 bits per heavy atom. The molecule has 0 aromatic rings. The van der Waals surface area contributed by atoms with Gasteiger partial charge in [0, 0.05) is 19.0 Å². The third kappa shape index (κ3) is 4.66. The molecule has 0 spiro atoms. The van der Waals surface area contributed by atoms with Crippen molar-refractivity contribution in [2.45, 2.75) is 53.5 Å². The summed E-state index contributed by atoms with van der Waals surface area (Å²) in [6.45, 7) is 12.9. The molecule has 0 saturated carbocycles. The van der Waals surface area contributed by atoms with Gasteiger partial charge in [0.05, 0.1) is 0 Å². The van der Waals surface area contributed by atoms with Gasteiger partial charge < -0.3 is 10.6 Å². The highest BCUT2D eigenvalue weighted by molar-refractivity contribution is 5.76. The lowest BCUT2D eigenvalue weighted by molar-refractivity contribution is -0.123. The smallest absolute Gasteiger partial charge is 0.220 e. The summed E-state index contributed by atoms with van der Waals surface area (Å²) in [6.07, 6.45) is 1.78. The maximum atomic E-state index is 12.0. The lowest BCUT2D eigenvalue weighted by atomic mass is 9.80. The first-order valence-corrected chi connectivity index (χ1v) is 6.80. The Kier molecular flexibility index (Phi) is 4.99. The molecule has 1 amide bonds. The molecule has 3 unspecified atom stereocenters. The predicted octanol–water partition coefficient (Wildman–Crippen LogP) is 2.17. The van der Waals surface area contributed by atoms with Crippen molar-refractivity contribution < 1.29 is 4.79 Å². The molecule has 1 aliphatic heterocycles. The van der Waals surface area contributed by atoms with Crippen LogP contribution in [0.25, 0.3) is 0 Å². The van der Waals surface area contributed by atoms with Gasteiger partial charge in [-0.05, 0) is 30.2 Å². The fraction of sp³-hybridized carbons (Fsp3) is 0.929. The highest BCUT2D eigenvalue weighted by Gasteiger charge is 2.26. The predicted molar refractivity (Wildman–Crippen MR) is 71.8 cm³/mol. The zero-order valence-corrected chi connectivity index (χ0v) is 12.0. The van der Waals surface area contributed by atoms with Crippen LogP contribution in [0.1, 0.15) is 47.5 Å². The van der Waals surface area contributed by atoms with Crippen LogP contribution in [0.4, 0.5) is 0 Å². The van der Waals surface area contributed by atoms with Gasteiger partial charge >= 0.3 is 0 Å². The van der Waals surface area contributed by atoms with Gasteiger partial charge in [-0.25, -0.2) is 0 Å². The molecule has 1 aliphatic rings. The third-order valence-electron chi connectivity index (χ3n) is 4.14. The zero-order chi connectivity index (χ0) is 13.1. The topological polar surface area (TPSA) is 41.1 Å². The Hall–Kier alpha value is -0.570. The van der Waals surface area contributed by atoms with E-state index in [4.69, 9.17) is 0 Å². The molecule has 3 heteroatoms. The van der Waals surface area contributed by atoms with Gasteiger partial charge in [0.1, 0.15) is 0 Å². The van der Waals surface area contributed by atoms with Crippen LogP contribution in [0.3, 0.4) is 0 Å². The second-order valence-electron chi connectivity index (χ2n) is 6.62. The first-order chi connectivity index (χ1) is 7.80. The minimum Gasteiger partial charge on any atom is -0.352 e. The van der Waals surface area contributed by atoms with E-state index in [1.54, 1.807) is 0 Å². The average molecular weight is 240 g/mol. The Morgan fingerprint density at radius 3 is 2.65 bits per heavy atom. The SMILES string of the molecule is CC1CCNCC1NC(=O)CC(C)C(C)(C)C. The maximum Gasteiger partial charge on any atom is 0.220 e. The number of carbonyl (C=O) groups is 1. The zero-order valence-electron chi connectivity index (χ0n) is 12.0. The van der Waals surface area contributed by atoms with Gasteiger partial charge in [-0.3, -0.25) is 4.79 Å². The van der Waals surface area contributed by atoms with Crippen LogP contribution < -0.4 is 10.6 Å². The molecule has 2 N–H and O–H groups in total. The van der Waals surface area contributed by atoms with Crippen LogP contribution in [-0.4, -0.2) is 25.0 Å². The summed E-state index contributed by atoms with van der Waals surface area (Å²) in [4.78, 5) is 12.0. The second-order valence-corrected chi connectivity index (χ2v) is 6.62. The van der Waals surface area contributed by atoms with E-state index in [2.05, 4.69) is 45.3 Å². The van der Waals surface area contributed by atoms with E-state index in [-0.39, 0.29) is 11.3 Å². The number of carbonyl (C=O) groups excluding carboxylic acids is 1. The summed E-state index contributed by atoms with van der Waals surface area (Å²) in [7, 11) is 0. The molecule has 17 heavy (non-hydrogen) atoms. The number of hydrogen-bond acceptors (Lipinski definition) is 2. The summed E-state index contributed by atoms with van der Waals surface area (Å²) in [5.74, 6) is 1.20. The van der Waals surface area contributed by atoms with Crippen molar-refractivity contribution in [3.8, 4) is 0 Å². The lowest BCUT2D eigenvalue weighted by Gasteiger charge is -2.32. The van der Waals surface area contributed by atoms with E-state index >= 15 is 0 Å². The molecule has 0 aromatic carbocycles. The van der Waals surface area contributed by atoms with Crippen molar-refractivity contribution >= 4 is 5.91 Å². The van der Waals surface area contributed by atoms with Gasteiger partial charge in [-0.15, -0.1) is 0 Å². The second kappa shape index (κ2) is 5.85. The van der Waals surface area contributed by atoms with E-state index in [0.29, 0.717) is 24.3 Å². The van der Waals surface area contributed by atoms with Gasteiger partial charge in [-0.2, -0.15) is 0 Å². The first kappa shape index (κ1) is 14.5. The van der Waals surface area contributed by atoms with E-state index < -0.39 is 0 Å². The summed E-state index contributed by atoms with van der Waals surface area (Å²) in [6, 6.07) is 0.309. The van der Waals surface area contributed by atoms with Gasteiger partial charge in [0.25, 0.3) is 0 Å². The monoisotopic (exact) mass is 240 g/mol. The number of piperidine rings is 1. The standard InChI is InChI=1S/C14H28N2O/c1-10-6-7-15-9-12(10)16-13(17)8-11(2)14(3,4)5/h10-12,15H,6-9H2,1-5H3,(H,16,17). The summed E-state index contributed by atoms with van der Waals surface area (Å²) < 4.78 is 0. The van der Waals surface area contributed by atoms with Crippen LogP contribution in [0.2, 0.25) is 0 Å². The summed E-state index contributed by atoms with van der Waals surface area (Å²) >= 11 is 0. The van der Waals surface area contributed by atoms with Crippen LogP contribution in [0.15, 0.2) is 0 Å². The minimum absolute atomic E-state index is 0.202. The fourth-order valence-corrected chi connectivity index (χ4v) is 2.03. The number of amides is 1. The van der Waals surface area contributed by atoms with Crippen molar-refractivity contribution in [2.24, 2.45) is 17.3 Å². The quantitative estimate of drug-likeness (QED) is 0.794. The van der Waals surface area contributed by atoms with E-state index in [9.17, 15) is 4.79 Å². The van der Waals surface area contributed by atoms with Crippen LogP contribution in [-0.2, 0) is 4.79 Å². The molecule has 1 heterocycles. The molecule has 1 saturated heterocycles. The average Bonchev–Trinajstić information content (AvgIpc) is 2.20. The molecule has 3 nitrogen and oxygen atoms in total. The molecular weight excluding hydrogens is 212 g/mol. The number of hydrogen-bond donors (Lipinski definition) is 2. The molecule has 0 aliphatic carbocycles. The van der Waals surface area contributed by atoms with Gasteiger partial charge in [0.2, 0.25) is 5.91 Å². The molecule has 100 valence electrons. The van der Waals surface area contributed by atoms with Crippen molar-refractivity contribution in [3.63, 3.8) is 0 Å². The third-order valence-corrected chi connectivity index (χ3v) is 4.14. The first-order valence-electron chi connectivity index (χ1n) is 6.80. The molecule has 0 bridgehead atoms. The lowest BCUT2D eigenvalue weighted by Crippen LogP contribution is -2.50. The van der Waals surface area contributed by atoms with Crippen LogP contribution in [0.5, 0.6) is 0 Å². The Balaban J connectivity index is 2.38. The van der Waals surface area contributed by atoms with Crippen molar-refractivity contribution in [2.75, 3.05) is 13.1 Å². The fourth-order valence-electron chi connectivity index (χ4n) is 2.03. The molecule has 1 rings (SSSR count). The minimum atomic E-state index is 0.202. The van der Waals surface area contributed by atoms with Crippen molar-refractivity contribution in [1.82, 2.24) is 10.6 Å².